The quantitative estimate of drug-likeness (QED) is 0.228. The van der Waals surface area contributed by atoms with Crippen molar-refractivity contribution >= 4 is 11.6 Å². The number of hydrogen-bond donors (Lipinski definition) is 0. The van der Waals surface area contributed by atoms with Gasteiger partial charge in [-0.1, -0.05) is 83.5 Å². The maximum absolute atomic E-state index is 11.8. The maximum atomic E-state index is 11.8. The van der Waals surface area contributed by atoms with Gasteiger partial charge in [0.2, 0.25) is 0 Å². The van der Waals surface area contributed by atoms with Crippen molar-refractivity contribution in [2.45, 2.75) is 105 Å². The van der Waals surface area contributed by atoms with Gasteiger partial charge in [-0.2, -0.15) is 0 Å². The number of carbonyl (C=O) groups is 2. The number of likely N-dealkylation sites (N-methyl/N-ethyl adjacent to an activating group) is 1. The van der Waals surface area contributed by atoms with E-state index in [-0.39, 0.29) is 41.2 Å². The van der Waals surface area contributed by atoms with Crippen LogP contribution >= 0.6 is 0 Å². The van der Waals surface area contributed by atoms with Crippen LogP contribution in [0, 0.1) is 0 Å². The number of rotatable bonds is 10. The highest BCUT2D eigenvalue weighted by Crippen LogP contribution is 2.27. The molecule has 8 heteroatoms. The van der Waals surface area contributed by atoms with E-state index in [9.17, 15) is 22.8 Å². The molecule has 0 bridgehead atoms. The molecule has 5 nitrogen and oxygen atoms in total. The minimum Gasteiger partial charge on any atom is -0.406 e. The fraction of sp³-hybridized carbons (Fsp3) is 0.472. The summed E-state index contributed by atoms with van der Waals surface area (Å²) in [6.07, 6.45) is 2.27. The van der Waals surface area contributed by atoms with Crippen LogP contribution in [0.15, 0.2) is 73.1 Å². The molecule has 0 spiro atoms. The van der Waals surface area contributed by atoms with Gasteiger partial charge in [0, 0.05) is 24.9 Å². The zero-order valence-electron chi connectivity index (χ0n) is 27.7. The molecule has 44 heavy (non-hydrogen) atoms. The molecule has 0 aliphatic carbocycles. The van der Waals surface area contributed by atoms with Crippen LogP contribution in [-0.4, -0.2) is 40.9 Å². The molecule has 242 valence electrons. The number of carbonyl (C=O) groups excluding carboxylic acids is 2. The average Bonchev–Trinajstić information content (AvgIpc) is 2.96. The lowest BCUT2D eigenvalue weighted by molar-refractivity contribution is -0.274. The summed E-state index contributed by atoms with van der Waals surface area (Å²) in [6, 6.07) is 18.2. The van der Waals surface area contributed by atoms with Crippen molar-refractivity contribution in [3.05, 3.63) is 95.3 Å². The van der Waals surface area contributed by atoms with Gasteiger partial charge in [-0.15, -0.1) is 13.2 Å². The Hall–Kier alpha value is -3.52. The van der Waals surface area contributed by atoms with Crippen LogP contribution in [0.3, 0.4) is 0 Å². The normalized spacial score (nSPS) is 12.7. The molecule has 1 aromatic heterocycles. The van der Waals surface area contributed by atoms with Crippen molar-refractivity contribution in [2.24, 2.45) is 0 Å². The molecule has 0 fully saturated rings. The first-order valence-corrected chi connectivity index (χ1v) is 15.0. The standard InChI is InChI=1S/C19H29NO2.C10H11F3O.C7H9N/c1-13(21)12-18(15(3)22)20(7)14(2)16-8-10-17(11-9-16)19(4,5)6;1-2-3-8-4-6-9(7-5-8)14-10(11,12)13;1-2-7-4-3-5-8-6-7/h8-11,14,18H,12H2,1-7H3;4-7H,2-3H2,1H3;3-6H,2H2,1H3/t14?,18-;;/m0../s1. The van der Waals surface area contributed by atoms with E-state index in [0.29, 0.717) is 0 Å². The van der Waals surface area contributed by atoms with Crippen LogP contribution < -0.4 is 4.74 Å². The number of ether oxygens (including phenoxy) is 1. The Kier molecular flexibility index (Phi) is 16.0. The topological polar surface area (TPSA) is 59.5 Å². The highest BCUT2D eigenvalue weighted by atomic mass is 19.4. The lowest BCUT2D eigenvalue weighted by atomic mass is 9.86. The maximum Gasteiger partial charge on any atom is 0.573 e. The van der Waals surface area contributed by atoms with Gasteiger partial charge in [0.25, 0.3) is 0 Å². The second-order valence-electron chi connectivity index (χ2n) is 11.9. The van der Waals surface area contributed by atoms with E-state index in [4.69, 9.17) is 0 Å². The predicted octanol–water partition coefficient (Wildman–Crippen LogP) is 9.10. The van der Waals surface area contributed by atoms with Gasteiger partial charge in [-0.25, -0.2) is 0 Å². The minimum absolute atomic E-state index is 0.0378. The number of benzene rings is 2. The van der Waals surface area contributed by atoms with Gasteiger partial charge in [-0.3, -0.25) is 19.5 Å². The zero-order chi connectivity index (χ0) is 33.5. The molecule has 3 aromatic rings. The number of pyridine rings is 1. The summed E-state index contributed by atoms with van der Waals surface area (Å²) < 4.78 is 39.0. The first-order chi connectivity index (χ1) is 20.5. The number of halogens is 3. The van der Waals surface area contributed by atoms with E-state index in [2.05, 4.69) is 74.7 Å². The summed E-state index contributed by atoms with van der Waals surface area (Å²) in [5.41, 5.74) is 4.89. The molecule has 2 aromatic carbocycles. The molecule has 0 aliphatic heterocycles. The lowest BCUT2D eigenvalue weighted by Crippen LogP contribution is -2.40. The summed E-state index contributed by atoms with van der Waals surface area (Å²) in [6.45, 7) is 15.9. The smallest absolute Gasteiger partial charge is 0.406 e. The predicted molar refractivity (Wildman–Crippen MR) is 172 cm³/mol. The van der Waals surface area contributed by atoms with Crippen molar-refractivity contribution in [3.63, 3.8) is 0 Å². The fourth-order valence-corrected chi connectivity index (χ4v) is 4.37. The fourth-order valence-electron chi connectivity index (χ4n) is 4.37. The van der Waals surface area contributed by atoms with Crippen molar-refractivity contribution in [2.75, 3.05) is 7.05 Å². The molecule has 1 unspecified atom stereocenters. The number of ketones is 2. The van der Waals surface area contributed by atoms with Crippen LogP contribution in [-0.2, 0) is 27.8 Å². The number of hydrogen-bond acceptors (Lipinski definition) is 5. The highest BCUT2D eigenvalue weighted by molar-refractivity contribution is 5.88. The number of aromatic nitrogens is 1. The number of nitrogens with zero attached hydrogens (tertiary/aromatic N) is 2. The Labute approximate surface area is 261 Å². The SMILES string of the molecule is CC(=O)C[C@@H](C(C)=O)N(C)C(C)c1ccc(C(C)(C)C)cc1.CCCc1ccc(OC(F)(F)F)cc1.CCc1cccnc1. The van der Waals surface area contributed by atoms with E-state index < -0.39 is 6.36 Å². The third kappa shape index (κ3) is 14.8. The van der Waals surface area contributed by atoms with Crippen molar-refractivity contribution in [1.82, 2.24) is 9.88 Å². The van der Waals surface area contributed by atoms with E-state index >= 15 is 0 Å². The van der Waals surface area contributed by atoms with Gasteiger partial charge in [0.05, 0.1) is 6.04 Å². The lowest BCUT2D eigenvalue weighted by Gasteiger charge is -2.32. The summed E-state index contributed by atoms with van der Waals surface area (Å²) in [4.78, 5) is 29.2. The molecule has 0 N–H and O–H groups in total. The van der Waals surface area contributed by atoms with E-state index in [1.54, 1.807) is 25.3 Å². The van der Waals surface area contributed by atoms with Crippen molar-refractivity contribution in [3.8, 4) is 5.75 Å². The average molecular weight is 615 g/mol. The van der Waals surface area contributed by atoms with Crippen molar-refractivity contribution in [1.29, 1.82) is 0 Å². The Bertz CT molecular complexity index is 1250. The molecule has 0 saturated heterocycles. The molecule has 0 aliphatic rings. The van der Waals surface area contributed by atoms with Gasteiger partial charge >= 0.3 is 6.36 Å². The third-order valence-corrected chi connectivity index (χ3v) is 7.14. The Morgan fingerprint density at radius 1 is 0.909 bits per heavy atom. The van der Waals surface area contributed by atoms with Crippen LogP contribution in [0.4, 0.5) is 13.2 Å². The zero-order valence-corrected chi connectivity index (χ0v) is 27.7. The van der Waals surface area contributed by atoms with Gasteiger partial charge < -0.3 is 4.74 Å². The number of aryl methyl sites for hydroxylation is 2. The van der Waals surface area contributed by atoms with Gasteiger partial charge in [0.15, 0.2) is 0 Å². The van der Waals surface area contributed by atoms with E-state index in [1.807, 2.05) is 31.1 Å². The first kappa shape index (κ1) is 38.5. The van der Waals surface area contributed by atoms with Crippen LogP contribution in [0.25, 0.3) is 0 Å². The monoisotopic (exact) mass is 614 g/mol. The second-order valence-corrected chi connectivity index (χ2v) is 11.9. The molecular formula is C36H49F3N2O3. The summed E-state index contributed by atoms with van der Waals surface area (Å²) in [7, 11) is 1.91. The van der Waals surface area contributed by atoms with Crippen LogP contribution in [0.2, 0.25) is 0 Å². The van der Waals surface area contributed by atoms with E-state index in [1.165, 1.54) is 30.2 Å². The van der Waals surface area contributed by atoms with E-state index in [0.717, 1.165) is 30.4 Å². The van der Waals surface area contributed by atoms with Gasteiger partial charge in [-0.05, 0) is 86.5 Å². The summed E-state index contributed by atoms with van der Waals surface area (Å²) >= 11 is 0. The largest absolute Gasteiger partial charge is 0.573 e. The Morgan fingerprint density at radius 3 is 1.89 bits per heavy atom. The second kappa shape index (κ2) is 18.3. The van der Waals surface area contributed by atoms with Gasteiger partial charge in [0.1, 0.15) is 17.3 Å². The summed E-state index contributed by atoms with van der Waals surface area (Å²) in [5, 5.41) is 0. The highest BCUT2D eigenvalue weighted by Gasteiger charge is 2.31. The molecule has 3 rings (SSSR count). The Balaban J connectivity index is 0.000000372. The molecule has 2 atom stereocenters. The first-order valence-electron chi connectivity index (χ1n) is 15.0. The third-order valence-electron chi connectivity index (χ3n) is 7.14. The minimum atomic E-state index is -4.60. The molecule has 0 saturated carbocycles. The number of alkyl halides is 3. The molecule has 0 amide bonds. The molecule has 0 radical (unpaired) electrons. The van der Waals surface area contributed by atoms with Crippen LogP contribution in [0.5, 0.6) is 5.75 Å². The van der Waals surface area contributed by atoms with Crippen LogP contribution in [0.1, 0.15) is 96.5 Å². The molecular weight excluding hydrogens is 565 g/mol. The Morgan fingerprint density at radius 2 is 1.50 bits per heavy atom. The van der Waals surface area contributed by atoms with Crippen molar-refractivity contribution < 1.29 is 27.5 Å². The number of Topliss-reactive ketones (excluding diaryl/α,β-unsaturated/α-hetero) is 2. The summed E-state index contributed by atoms with van der Waals surface area (Å²) in [5.74, 6) is -0.0875. The molecule has 1 heterocycles.